The third kappa shape index (κ3) is 3.44. The Morgan fingerprint density at radius 3 is 2.75 bits per heavy atom. The standard InChI is InChI=1S/C17H24BrNO/c1-17(2)11-15(6-7-20-17)19-16-9-13(10-16)12-4-3-5-14(18)8-12/h3-5,8,13,15-16,19H,6-7,9-11H2,1-2H3. The summed E-state index contributed by atoms with van der Waals surface area (Å²) in [5.74, 6) is 0.734. The van der Waals surface area contributed by atoms with Crippen LogP contribution < -0.4 is 5.32 Å². The highest BCUT2D eigenvalue weighted by Crippen LogP contribution is 2.38. The van der Waals surface area contributed by atoms with Crippen LogP contribution in [0.4, 0.5) is 0 Å². The molecule has 1 atom stereocenters. The van der Waals surface area contributed by atoms with E-state index < -0.39 is 0 Å². The van der Waals surface area contributed by atoms with Crippen molar-refractivity contribution in [3.63, 3.8) is 0 Å². The Morgan fingerprint density at radius 1 is 1.25 bits per heavy atom. The monoisotopic (exact) mass is 337 g/mol. The van der Waals surface area contributed by atoms with Gasteiger partial charge in [-0.05, 0) is 63.1 Å². The number of hydrogen-bond donors (Lipinski definition) is 1. The first-order chi connectivity index (χ1) is 9.52. The average molecular weight is 338 g/mol. The lowest BCUT2D eigenvalue weighted by Crippen LogP contribution is -2.50. The zero-order chi connectivity index (χ0) is 14.2. The molecule has 1 aliphatic carbocycles. The van der Waals surface area contributed by atoms with Crippen LogP contribution in [-0.4, -0.2) is 24.3 Å². The second kappa shape index (κ2) is 5.78. The summed E-state index contributed by atoms with van der Waals surface area (Å²) >= 11 is 3.56. The molecule has 1 N–H and O–H groups in total. The van der Waals surface area contributed by atoms with E-state index in [1.54, 1.807) is 0 Å². The van der Waals surface area contributed by atoms with Crippen LogP contribution in [0, 0.1) is 0 Å². The summed E-state index contributed by atoms with van der Waals surface area (Å²) in [4.78, 5) is 0. The highest BCUT2D eigenvalue weighted by Gasteiger charge is 2.35. The highest BCUT2D eigenvalue weighted by atomic mass is 79.9. The molecule has 1 saturated heterocycles. The number of rotatable bonds is 3. The summed E-state index contributed by atoms with van der Waals surface area (Å²) in [6, 6.07) is 10.1. The number of ether oxygens (including phenoxy) is 1. The second-order valence-electron chi connectivity index (χ2n) is 6.88. The third-order valence-corrected chi connectivity index (χ3v) is 5.12. The van der Waals surface area contributed by atoms with Gasteiger partial charge in [0.05, 0.1) is 5.60 Å². The van der Waals surface area contributed by atoms with Gasteiger partial charge in [-0.3, -0.25) is 0 Å². The largest absolute Gasteiger partial charge is 0.375 e. The topological polar surface area (TPSA) is 21.3 Å². The van der Waals surface area contributed by atoms with Crippen molar-refractivity contribution in [1.82, 2.24) is 5.32 Å². The Hall–Kier alpha value is -0.380. The predicted molar refractivity (Wildman–Crippen MR) is 86.1 cm³/mol. The molecule has 1 unspecified atom stereocenters. The molecule has 0 aromatic heterocycles. The van der Waals surface area contributed by atoms with E-state index >= 15 is 0 Å². The van der Waals surface area contributed by atoms with E-state index in [2.05, 4.69) is 59.4 Å². The van der Waals surface area contributed by atoms with Gasteiger partial charge in [0.2, 0.25) is 0 Å². The van der Waals surface area contributed by atoms with E-state index in [-0.39, 0.29) is 5.60 Å². The smallest absolute Gasteiger partial charge is 0.0641 e. The summed E-state index contributed by atoms with van der Waals surface area (Å²) in [7, 11) is 0. The quantitative estimate of drug-likeness (QED) is 0.890. The van der Waals surface area contributed by atoms with Crippen molar-refractivity contribution in [2.75, 3.05) is 6.61 Å². The van der Waals surface area contributed by atoms with Crippen LogP contribution in [0.3, 0.4) is 0 Å². The molecule has 1 aromatic rings. The molecule has 2 nitrogen and oxygen atoms in total. The maximum atomic E-state index is 5.79. The van der Waals surface area contributed by atoms with Crippen LogP contribution in [0.2, 0.25) is 0 Å². The lowest BCUT2D eigenvalue weighted by atomic mass is 9.75. The highest BCUT2D eigenvalue weighted by molar-refractivity contribution is 9.10. The number of hydrogen-bond acceptors (Lipinski definition) is 2. The van der Waals surface area contributed by atoms with E-state index in [9.17, 15) is 0 Å². The van der Waals surface area contributed by atoms with Gasteiger partial charge in [0.1, 0.15) is 0 Å². The summed E-state index contributed by atoms with van der Waals surface area (Å²) in [6.45, 7) is 5.30. The van der Waals surface area contributed by atoms with Gasteiger partial charge in [0.15, 0.2) is 0 Å². The van der Waals surface area contributed by atoms with Crippen LogP contribution in [0.5, 0.6) is 0 Å². The van der Waals surface area contributed by atoms with Gasteiger partial charge in [-0.1, -0.05) is 28.1 Å². The van der Waals surface area contributed by atoms with E-state index in [0.29, 0.717) is 12.1 Å². The molecule has 1 heterocycles. The van der Waals surface area contributed by atoms with Crippen molar-refractivity contribution >= 4 is 15.9 Å². The zero-order valence-electron chi connectivity index (χ0n) is 12.4. The molecule has 3 rings (SSSR count). The van der Waals surface area contributed by atoms with Crippen molar-refractivity contribution in [2.24, 2.45) is 0 Å². The number of halogens is 1. The molecule has 0 amide bonds. The van der Waals surface area contributed by atoms with Gasteiger partial charge in [-0.15, -0.1) is 0 Å². The van der Waals surface area contributed by atoms with Crippen LogP contribution in [0.25, 0.3) is 0 Å². The summed E-state index contributed by atoms with van der Waals surface area (Å²) in [6.07, 6.45) is 4.83. The SMILES string of the molecule is CC1(C)CC(NC2CC(c3cccc(Br)c3)C2)CCO1. The van der Waals surface area contributed by atoms with E-state index in [1.165, 1.54) is 22.9 Å². The Bertz CT molecular complexity index is 468. The molecule has 2 fully saturated rings. The fourth-order valence-electron chi connectivity index (χ4n) is 3.49. The molecule has 0 bridgehead atoms. The van der Waals surface area contributed by atoms with Crippen LogP contribution in [-0.2, 0) is 4.74 Å². The van der Waals surface area contributed by atoms with E-state index in [1.807, 2.05) is 0 Å². The first kappa shape index (κ1) is 14.6. The molecule has 1 aromatic carbocycles. The molecule has 0 spiro atoms. The molecule has 2 aliphatic rings. The Labute approximate surface area is 130 Å². The van der Waals surface area contributed by atoms with Gasteiger partial charge < -0.3 is 10.1 Å². The van der Waals surface area contributed by atoms with Crippen LogP contribution >= 0.6 is 15.9 Å². The third-order valence-electron chi connectivity index (χ3n) is 4.63. The van der Waals surface area contributed by atoms with Gasteiger partial charge in [-0.2, -0.15) is 0 Å². The zero-order valence-corrected chi connectivity index (χ0v) is 13.9. The minimum atomic E-state index is 0.0450. The minimum Gasteiger partial charge on any atom is -0.375 e. The fraction of sp³-hybridized carbons (Fsp3) is 0.647. The summed E-state index contributed by atoms with van der Waals surface area (Å²) < 4.78 is 6.98. The normalized spacial score (nSPS) is 32.6. The van der Waals surface area contributed by atoms with Gasteiger partial charge in [0.25, 0.3) is 0 Å². The van der Waals surface area contributed by atoms with E-state index in [0.717, 1.165) is 25.4 Å². The Morgan fingerprint density at radius 2 is 2.05 bits per heavy atom. The first-order valence-electron chi connectivity index (χ1n) is 7.67. The van der Waals surface area contributed by atoms with Crippen LogP contribution in [0.15, 0.2) is 28.7 Å². The van der Waals surface area contributed by atoms with Gasteiger partial charge in [-0.25, -0.2) is 0 Å². The number of nitrogens with one attached hydrogen (secondary N) is 1. The Kier molecular flexibility index (Phi) is 4.21. The minimum absolute atomic E-state index is 0.0450. The molecule has 20 heavy (non-hydrogen) atoms. The van der Waals surface area contributed by atoms with Crippen molar-refractivity contribution < 1.29 is 4.74 Å². The number of benzene rings is 1. The average Bonchev–Trinajstić information content (AvgIpc) is 2.32. The van der Waals surface area contributed by atoms with Gasteiger partial charge in [0, 0.05) is 23.2 Å². The van der Waals surface area contributed by atoms with Crippen molar-refractivity contribution in [3.05, 3.63) is 34.3 Å². The lowest BCUT2D eigenvalue weighted by molar-refractivity contribution is -0.0655. The van der Waals surface area contributed by atoms with Crippen molar-refractivity contribution in [3.8, 4) is 0 Å². The molecular weight excluding hydrogens is 314 g/mol. The molecule has 110 valence electrons. The predicted octanol–water partition coefficient (Wildman–Crippen LogP) is 4.24. The maximum Gasteiger partial charge on any atom is 0.0641 e. The molecule has 0 radical (unpaired) electrons. The van der Waals surface area contributed by atoms with Gasteiger partial charge >= 0.3 is 0 Å². The fourth-order valence-corrected chi connectivity index (χ4v) is 3.91. The molecular formula is C17H24BrNO. The summed E-state index contributed by atoms with van der Waals surface area (Å²) in [5.41, 5.74) is 1.52. The second-order valence-corrected chi connectivity index (χ2v) is 7.80. The van der Waals surface area contributed by atoms with Crippen LogP contribution in [0.1, 0.15) is 51.0 Å². The molecule has 1 saturated carbocycles. The first-order valence-corrected chi connectivity index (χ1v) is 8.47. The molecule has 3 heteroatoms. The van der Waals surface area contributed by atoms with Crippen molar-refractivity contribution in [2.45, 2.75) is 63.1 Å². The Balaban J connectivity index is 1.49. The summed E-state index contributed by atoms with van der Waals surface area (Å²) in [5, 5.41) is 3.83. The van der Waals surface area contributed by atoms with E-state index in [4.69, 9.17) is 4.74 Å². The lowest BCUT2D eigenvalue weighted by Gasteiger charge is -2.42. The van der Waals surface area contributed by atoms with Crippen molar-refractivity contribution in [1.29, 1.82) is 0 Å². The maximum absolute atomic E-state index is 5.79. The molecule has 1 aliphatic heterocycles.